The zero-order valence-electron chi connectivity index (χ0n) is 8.14. The van der Waals surface area contributed by atoms with E-state index in [2.05, 4.69) is 10.6 Å². The second-order valence-electron chi connectivity index (χ2n) is 3.09. The summed E-state index contributed by atoms with van der Waals surface area (Å²) < 4.78 is 0. The van der Waals surface area contributed by atoms with E-state index in [4.69, 9.17) is 0 Å². The van der Waals surface area contributed by atoms with Gasteiger partial charge in [0.15, 0.2) is 11.6 Å². The van der Waals surface area contributed by atoms with Crippen molar-refractivity contribution in [3.8, 4) is 0 Å². The van der Waals surface area contributed by atoms with Gasteiger partial charge < -0.3 is 10.6 Å². The van der Waals surface area contributed by atoms with Crippen molar-refractivity contribution >= 4 is 17.5 Å². The normalized spacial score (nSPS) is 15.6. The van der Waals surface area contributed by atoms with Crippen molar-refractivity contribution in [2.45, 2.75) is 20.3 Å². The zero-order valence-corrected chi connectivity index (χ0v) is 8.14. The van der Waals surface area contributed by atoms with E-state index in [0.29, 0.717) is 13.0 Å². The van der Waals surface area contributed by atoms with Gasteiger partial charge in [-0.25, -0.2) is 0 Å². The predicted molar refractivity (Wildman–Crippen MR) is 49.2 cm³/mol. The maximum absolute atomic E-state index is 11.1. The molecule has 0 saturated carbocycles. The van der Waals surface area contributed by atoms with Crippen LogP contribution >= 0.6 is 0 Å². The molecular weight excluding hydrogens is 184 g/mol. The monoisotopic (exact) mass is 196 g/mol. The summed E-state index contributed by atoms with van der Waals surface area (Å²) in [5, 5.41) is 5.29. The highest BCUT2D eigenvalue weighted by Gasteiger charge is 2.20. The first-order chi connectivity index (χ1) is 6.52. The Balaban J connectivity index is 3.03. The van der Waals surface area contributed by atoms with Crippen molar-refractivity contribution in [3.63, 3.8) is 0 Å². The van der Waals surface area contributed by atoms with Gasteiger partial charge in [0, 0.05) is 13.0 Å². The van der Waals surface area contributed by atoms with Crippen LogP contribution in [0.25, 0.3) is 0 Å². The minimum Gasteiger partial charge on any atom is -0.370 e. The maximum atomic E-state index is 11.1. The van der Waals surface area contributed by atoms with Crippen molar-refractivity contribution in [2.75, 3.05) is 6.54 Å². The lowest BCUT2D eigenvalue weighted by atomic mass is 10.1. The highest BCUT2D eigenvalue weighted by molar-refractivity contribution is 6.19. The molecule has 0 aromatic heterocycles. The van der Waals surface area contributed by atoms with Gasteiger partial charge >= 0.3 is 0 Å². The van der Waals surface area contributed by atoms with Crippen molar-refractivity contribution < 1.29 is 14.4 Å². The van der Waals surface area contributed by atoms with E-state index >= 15 is 0 Å². The van der Waals surface area contributed by atoms with E-state index in [9.17, 15) is 14.4 Å². The first-order valence-electron chi connectivity index (χ1n) is 4.32. The Kier molecular flexibility index (Phi) is 3.01. The fourth-order valence-corrected chi connectivity index (χ4v) is 1.30. The average Bonchev–Trinajstić information content (AvgIpc) is 2.02. The van der Waals surface area contributed by atoms with Crippen LogP contribution in [0.15, 0.2) is 11.4 Å². The first-order valence-corrected chi connectivity index (χ1v) is 4.32. The van der Waals surface area contributed by atoms with Crippen molar-refractivity contribution in [2.24, 2.45) is 0 Å². The molecule has 1 heterocycles. The number of hydrogen-bond acceptors (Lipinski definition) is 4. The smallest absolute Gasteiger partial charge is 0.227 e. The maximum Gasteiger partial charge on any atom is 0.227 e. The minimum absolute atomic E-state index is 0.0260. The molecule has 1 aliphatic rings. The second kappa shape index (κ2) is 4.04. The topological polar surface area (TPSA) is 75.3 Å². The molecule has 0 radical (unpaired) electrons. The van der Waals surface area contributed by atoms with Gasteiger partial charge in [0.2, 0.25) is 5.91 Å². The molecule has 0 atom stereocenters. The van der Waals surface area contributed by atoms with Gasteiger partial charge in [-0.1, -0.05) is 0 Å². The summed E-state index contributed by atoms with van der Waals surface area (Å²) in [5.41, 5.74) is 0.0260. The molecular formula is C9H12N2O3. The van der Waals surface area contributed by atoms with Gasteiger partial charge in [-0.15, -0.1) is 0 Å². The van der Waals surface area contributed by atoms with Crippen LogP contribution in [0.4, 0.5) is 0 Å². The van der Waals surface area contributed by atoms with Gasteiger partial charge in [-0.2, -0.15) is 0 Å². The van der Waals surface area contributed by atoms with E-state index < -0.39 is 0 Å². The van der Waals surface area contributed by atoms with Gasteiger partial charge in [0.1, 0.15) is 11.4 Å². The van der Waals surface area contributed by atoms with E-state index in [1.54, 1.807) is 0 Å². The third kappa shape index (κ3) is 2.18. The largest absolute Gasteiger partial charge is 0.370 e. The molecule has 0 unspecified atom stereocenters. The standard InChI is InChI=1S/C9H12N2O3/c1-5(12)8(6(2)13)9-10-4-3-7(14)11-9/h10H,3-4H2,1-2H3,(H,11,14). The number of ketones is 2. The molecule has 0 aliphatic carbocycles. The van der Waals surface area contributed by atoms with Gasteiger partial charge in [-0.3, -0.25) is 14.4 Å². The predicted octanol–water partition coefficient (Wildman–Crippen LogP) is -0.515. The quantitative estimate of drug-likeness (QED) is 0.354. The van der Waals surface area contributed by atoms with Crippen LogP contribution in [0, 0.1) is 0 Å². The van der Waals surface area contributed by atoms with Gasteiger partial charge in [0.25, 0.3) is 0 Å². The Morgan fingerprint density at radius 3 is 2.21 bits per heavy atom. The third-order valence-electron chi connectivity index (χ3n) is 1.87. The molecule has 1 amide bonds. The van der Waals surface area contributed by atoms with Crippen molar-refractivity contribution in [1.29, 1.82) is 0 Å². The number of rotatable bonds is 2. The molecule has 2 N–H and O–H groups in total. The molecule has 1 saturated heterocycles. The number of carbonyl (C=O) groups excluding carboxylic acids is 3. The Morgan fingerprint density at radius 1 is 1.21 bits per heavy atom. The van der Waals surface area contributed by atoms with E-state index in [1.165, 1.54) is 13.8 Å². The SMILES string of the molecule is CC(=O)C(C(C)=O)=C1NCCC(=O)N1. The zero-order chi connectivity index (χ0) is 10.7. The Labute approximate surface area is 81.5 Å². The highest BCUT2D eigenvalue weighted by atomic mass is 16.2. The fraction of sp³-hybridized carbons (Fsp3) is 0.444. The molecule has 76 valence electrons. The van der Waals surface area contributed by atoms with Crippen LogP contribution < -0.4 is 10.6 Å². The summed E-state index contributed by atoms with van der Waals surface area (Å²) in [6.45, 7) is 3.05. The fourth-order valence-electron chi connectivity index (χ4n) is 1.30. The molecule has 0 spiro atoms. The van der Waals surface area contributed by atoms with Gasteiger partial charge in [0.05, 0.1) is 0 Å². The van der Waals surface area contributed by atoms with Crippen LogP contribution in [-0.4, -0.2) is 24.0 Å². The minimum atomic E-state index is -0.345. The molecule has 5 nitrogen and oxygen atoms in total. The molecule has 5 heteroatoms. The molecule has 0 bridgehead atoms. The molecule has 1 aliphatic heterocycles. The highest BCUT2D eigenvalue weighted by Crippen LogP contribution is 2.05. The summed E-state index contributed by atoms with van der Waals surface area (Å²) in [6, 6.07) is 0. The number of Topliss-reactive ketones (excluding diaryl/α,β-unsaturated/α-hetero) is 2. The van der Waals surface area contributed by atoms with Crippen LogP contribution in [0.2, 0.25) is 0 Å². The Morgan fingerprint density at radius 2 is 1.79 bits per heavy atom. The molecule has 0 aromatic carbocycles. The summed E-state index contributed by atoms with van der Waals surface area (Å²) in [5.74, 6) is -0.635. The summed E-state index contributed by atoms with van der Waals surface area (Å²) in [4.78, 5) is 33.3. The third-order valence-corrected chi connectivity index (χ3v) is 1.87. The van der Waals surface area contributed by atoms with Crippen LogP contribution in [-0.2, 0) is 14.4 Å². The molecule has 1 rings (SSSR count). The summed E-state index contributed by atoms with van der Waals surface area (Å²) in [6.07, 6.45) is 0.354. The Hall–Kier alpha value is -1.65. The summed E-state index contributed by atoms with van der Waals surface area (Å²) in [7, 11) is 0. The number of carbonyl (C=O) groups is 3. The van der Waals surface area contributed by atoms with Crippen molar-refractivity contribution in [3.05, 3.63) is 11.4 Å². The average molecular weight is 196 g/mol. The lowest BCUT2D eigenvalue weighted by Gasteiger charge is -2.19. The van der Waals surface area contributed by atoms with Gasteiger partial charge in [-0.05, 0) is 13.8 Å². The number of amides is 1. The van der Waals surface area contributed by atoms with E-state index in [1.807, 2.05) is 0 Å². The van der Waals surface area contributed by atoms with Crippen LogP contribution in [0.1, 0.15) is 20.3 Å². The van der Waals surface area contributed by atoms with E-state index in [-0.39, 0.29) is 28.9 Å². The van der Waals surface area contributed by atoms with E-state index in [0.717, 1.165) is 0 Å². The van der Waals surface area contributed by atoms with Crippen LogP contribution in [0.5, 0.6) is 0 Å². The molecule has 14 heavy (non-hydrogen) atoms. The summed E-state index contributed by atoms with van der Waals surface area (Å²) >= 11 is 0. The lowest BCUT2D eigenvalue weighted by Crippen LogP contribution is -2.42. The van der Waals surface area contributed by atoms with Crippen molar-refractivity contribution in [1.82, 2.24) is 10.6 Å². The number of hydrogen-bond donors (Lipinski definition) is 2. The lowest BCUT2D eigenvalue weighted by molar-refractivity contribution is -0.121. The number of allylic oxidation sites excluding steroid dienone is 1. The van der Waals surface area contributed by atoms with Crippen LogP contribution in [0.3, 0.4) is 0 Å². The number of nitrogens with one attached hydrogen (secondary N) is 2. The first kappa shape index (κ1) is 10.4. The second-order valence-corrected chi connectivity index (χ2v) is 3.09. The Bertz CT molecular complexity index is 315. The molecule has 0 aromatic rings. The molecule has 1 fully saturated rings.